The third-order valence-corrected chi connectivity index (χ3v) is 2.65. The molecule has 3 atom stereocenters. The summed E-state index contributed by atoms with van der Waals surface area (Å²) < 4.78 is 5.45. The van der Waals surface area contributed by atoms with Gasteiger partial charge in [0, 0.05) is 5.92 Å². The summed E-state index contributed by atoms with van der Waals surface area (Å²) in [5, 5.41) is 8.64. The molecule has 0 unspecified atom stereocenters. The highest BCUT2D eigenvalue weighted by Gasteiger charge is 2.55. The van der Waals surface area contributed by atoms with E-state index in [2.05, 4.69) is 13.0 Å². The molecule has 1 heterocycles. The van der Waals surface area contributed by atoms with Crippen molar-refractivity contribution in [3.8, 4) is 6.07 Å². The standard InChI is InChI=1S/C8H11NO/c1-8-4-6(5-9)2-3-7(8)10-8/h6-7H,2-4H2,1H3/t6-,7+,8+/m1/s1. The van der Waals surface area contributed by atoms with Gasteiger partial charge in [0.15, 0.2) is 0 Å². The first-order valence-corrected chi connectivity index (χ1v) is 3.82. The Kier molecular flexibility index (Phi) is 1.07. The second-order valence-electron chi connectivity index (χ2n) is 3.53. The fraction of sp³-hybridized carbons (Fsp3) is 0.875. The quantitative estimate of drug-likeness (QED) is 0.474. The molecule has 2 rings (SSSR count). The summed E-state index contributed by atoms with van der Waals surface area (Å²) in [4.78, 5) is 0. The van der Waals surface area contributed by atoms with E-state index in [9.17, 15) is 0 Å². The van der Waals surface area contributed by atoms with Crippen LogP contribution in [0, 0.1) is 17.2 Å². The first-order valence-electron chi connectivity index (χ1n) is 3.82. The van der Waals surface area contributed by atoms with Crippen molar-refractivity contribution in [2.45, 2.75) is 37.9 Å². The number of ether oxygens (including phenoxy) is 1. The number of hydrogen-bond acceptors (Lipinski definition) is 2. The molecule has 0 radical (unpaired) electrons. The lowest BCUT2D eigenvalue weighted by Crippen LogP contribution is -2.21. The lowest BCUT2D eigenvalue weighted by molar-refractivity contribution is 0.292. The Morgan fingerprint density at radius 3 is 3.00 bits per heavy atom. The van der Waals surface area contributed by atoms with Crippen LogP contribution in [0.25, 0.3) is 0 Å². The molecule has 0 aromatic heterocycles. The van der Waals surface area contributed by atoms with Crippen LogP contribution in [0.5, 0.6) is 0 Å². The molecular weight excluding hydrogens is 126 g/mol. The van der Waals surface area contributed by atoms with Crippen LogP contribution < -0.4 is 0 Å². The highest BCUT2D eigenvalue weighted by Crippen LogP contribution is 2.48. The molecule has 0 aromatic carbocycles. The zero-order valence-corrected chi connectivity index (χ0v) is 6.13. The summed E-state index contributed by atoms with van der Waals surface area (Å²) in [7, 11) is 0. The van der Waals surface area contributed by atoms with Crippen molar-refractivity contribution in [1.82, 2.24) is 0 Å². The normalized spacial score (nSPS) is 51.2. The number of epoxide rings is 1. The molecule has 54 valence electrons. The van der Waals surface area contributed by atoms with Gasteiger partial charge in [0.05, 0.1) is 17.8 Å². The van der Waals surface area contributed by atoms with Crippen molar-refractivity contribution >= 4 is 0 Å². The molecule has 1 saturated heterocycles. The summed E-state index contributed by atoms with van der Waals surface area (Å²) in [6.45, 7) is 2.11. The molecule has 0 N–H and O–H groups in total. The lowest BCUT2D eigenvalue weighted by atomic mass is 9.83. The minimum Gasteiger partial charge on any atom is -0.366 e. The highest BCUT2D eigenvalue weighted by molar-refractivity contribution is 5.07. The third-order valence-electron chi connectivity index (χ3n) is 2.65. The molecule has 0 aromatic rings. The molecule has 10 heavy (non-hydrogen) atoms. The summed E-state index contributed by atoms with van der Waals surface area (Å²) in [5.41, 5.74) is 0.0959. The fourth-order valence-electron chi connectivity index (χ4n) is 1.89. The van der Waals surface area contributed by atoms with Gasteiger partial charge < -0.3 is 4.74 Å². The molecule has 1 saturated carbocycles. The van der Waals surface area contributed by atoms with Crippen molar-refractivity contribution in [1.29, 1.82) is 5.26 Å². The van der Waals surface area contributed by atoms with Crippen molar-refractivity contribution < 1.29 is 4.74 Å². The van der Waals surface area contributed by atoms with E-state index >= 15 is 0 Å². The number of nitrogens with zero attached hydrogens (tertiary/aromatic N) is 1. The second-order valence-corrected chi connectivity index (χ2v) is 3.53. The fourth-order valence-corrected chi connectivity index (χ4v) is 1.89. The predicted molar refractivity (Wildman–Crippen MR) is 36.2 cm³/mol. The maximum absolute atomic E-state index is 8.64. The smallest absolute Gasteiger partial charge is 0.0933 e. The van der Waals surface area contributed by atoms with Gasteiger partial charge in [0.1, 0.15) is 0 Å². The zero-order chi connectivity index (χ0) is 7.19. The largest absolute Gasteiger partial charge is 0.366 e. The van der Waals surface area contributed by atoms with Crippen molar-refractivity contribution in [3.05, 3.63) is 0 Å². The van der Waals surface area contributed by atoms with E-state index in [4.69, 9.17) is 10.00 Å². The van der Waals surface area contributed by atoms with E-state index in [1.54, 1.807) is 0 Å². The van der Waals surface area contributed by atoms with Gasteiger partial charge in [0.2, 0.25) is 0 Å². The lowest BCUT2D eigenvalue weighted by Gasteiger charge is -2.16. The monoisotopic (exact) mass is 137 g/mol. The molecule has 2 aliphatic rings. The van der Waals surface area contributed by atoms with Crippen LogP contribution in [-0.2, 0) is 4.74 Å². The van der Waals surface area contributed by atoms with Crippen molar-refractivity contribution in [2.75, 3.05) is 0 Å². The van der Waals surface area contributed by atoms with Gasteiger partial charge in [0.25, 0.3) is 0 Å². The van der Waals surface area contributed by atoms with Crippen LogP contribution in [0.3, 0.4) is 0 Å². The maximum atomic E-state index is 8.64. The van der Waals surface area contributed by atoms with Crippen molar-refractivity contribution in [3.63, 3.8) is 0 Å². The molecular formula is C8H11NO. The maximum Gasteiger partial charge on any atom is 0.0933 e. The number of nitriles is 1. The van der Waals surface area contributed by atoms with Gasteiger partial charge in [-0.1, -0.05) is 0 Å². The summed E-state index contributed by atoms with van der Waals surface area (Å²) in [6, 6.07) is 2.31. The summed E-state index contributed by atoms with van der Waals surface area (Å²) in [5.74, 6) is 0.253. The number of fused-ring (bicyclic) bond motifs is 1. The van der Waals surface area contributed by atoms with Crippen LogP contribution in [0.4, 0.5) is 0 Å². The van der Waals surface area contributed by atoms with Gasteiger partial charge in [-0.3, -0.25) is 0 Å². The van der Waals surface area contributed by atoms with E-state index in [1.807, 2.05) is 0 Å². The van der Waals surface area contributed by atoms with Gasteiger partial charge in [-0.15, -0.1) is 0 Å². The highest BCUT2D eigenvalue weighted by atomic mass is 16.6. The van der Waals surface area contributed by atoms with Crippen LogP contribution >= 0.6 is 0 Å². The minimum absolute atomic E-state index is 0.0959. The van der Waals surface area contributed by atoms with Crippen LogP contribution in [0.15, 0.2) is 0 Å². The second kappa shape index (κ2) is 1.73. The Labute approximate surface area is 60.8 Å². The van der Waals surface area contributed by atoms with Gasteiger partial charge in [-0.25, -0.2) is 0 Å². The van der Waals surface area contributed by atoms with E-state index in [0.717, 1.165) is 19.3 Å². The molecule has 2 nitrogen and oxygen atoms in total. The average molecular weight is 137 g/mol. The summed E-state index contributed by atoms with van der Waals surface area (Å²) >= 11 is 0. The minimum atomic E-state index is 0.0959. The van der Waals surface area contributed by atoms with Gasteiger partial charge in [-0.2, -0.15) is 5.26 Å². The molecule has 2 heteroatoms. The van der Waals surface area contributed by atoms with Crippen LogP contribution in [-0.4, -0.2) is 11.7 Å². The van der Waals surface area contributed by atoms with Crippen LogP contribution in [0.1, 0.15) is 26.2 Å². The van der Waals surface area contributed by atoms with E-state index in [-0.39, 0.29) is 11.5 Å². The Balaban J connectivity index is 2.04. The first kappa shape index (κ1) is 6.18. The van der Waals surface area contributed by atoms with Crippen LogP contribution in [0.2, 0.25) is 0 Å². The zero-order valence-electron chi connectivity index (χ0n) is 6.13. The molecule has 0 spiro atoms. The Morgan fingerprint density at radius 2 is 2.40 bits per heavy atom. The first-order chi connectivity index (χ1) is 4.74. The van der Waals surface area contributed by atoms with Crippen molar-refractivity contribution in [2.24, 2.45) is 5.92 Å². The van der Waals surface area contributed by atoms with E-state index < -0.39 is 0 Å². The molecule has 0 amide bonds. The SMILES string of the molecule is C[C@]12C[C@H](C#N)CC[C@@H]1O2. The van der Waals surface area contributed by atoms with Gasteiger partial charge in [-0.05, 0) is 26.2 Å². The van der Waals surface area contributed by atoms with Gasteiger partial charge >= 0.3 is 0 Å². The Bertz CT molecular complexity index is 196. The van der Waals surface area contributed by atoms with E-state index in [1.165, 1.54) is 0 Å². The molecule has 1 aliphatic heterocycles. The average Bonchev–Trinajstić information content (AvgIpc) is 2.58. The topological polar surface area (TPSA) is 36.3 Å². The Morgan fingerprint density at radius 1 is 1.60 bits per heavy atom. The number of hydrogen-bond donors (Lipinski definition) is 0. The van der Waals surface area contributed by atoms with E-state index in [0.29, 0.717) is 6.10 Å². The molecule has 0 bridgehead atoms. The number of rotatable bonds is 0. The third kappa shape index (κ3) is 0.741. The molecule has 2 fully saturated rings. The molecule has 1 aliphatic carbocycles. The summed E-state index contributed by atoms with van der Waals surface area (Å²) in [6.07, 6.45) is 3.57. The Hall–Kier alpha value is -0.550. The predicted octanol–water partition coefficient (Wildman–Crippen LogP) is 1.47.